The molecule has 3 aromatic rings. The molecule has 1 aromatic carbocycles. The van der Waals surface area contributed by atoms with E-state index in [9.17, 15) is 4.79 Å². The maximum Gasteiger partial charge on any atom is 0.274 e. The lowest BCUT2D eigenvalue weighted by atomic mass is 10.1. The van der Waals surface area contributed by atoms with Crippen molar-refractivity contribution in [3.63, 3.8) is 0 Å². The Morgan fingerprint density at radius 2 is 1.95 bits per heavy atom. The van der Waals surface area contributed by atoms with Gasteiger partial charge in [0.05, 0.1) is 5.52 Å². The topological polar surface area (TPSA) is 54.9 Å². The third-order valence-corrected chi connectivity index (χ3v) is 3.35. The summed E-state index contributed by atoms with van der Waals surface area (Å²) in [6.45, 7) is 4.00. The Hall–Kier alpha value is -2.75. The second kappa shape index (κ2) is 5.32. The van der Waals surface area contributed by atoms with Gasteiger partial charge in [0, 0.05) is 23.5 Å². The van der Waals surface area contributed by atoms with Crippen LogP contribution in [0.2, 0.25) is 0 Å². The van der Waals surface area contributed by atoms with Gasteiger partial charge in [-0.25, -0.2) is 4.98 Å². The van der Waals surface area contributed by atoms with E-state index in [0.29, 0.717) is 5.69 Å². The van der Waals surface area contributed by atoms with Crippen molar-refractivity contribution >= 4 is 22.5 Å². The first-order valence-corrected chi connectivity index (χ1v) is 6.73. The number of anilines is 1. The first kappa shape index (κ1) is 13.2. The van der Waals surface area contributed by atoms with E-state index < -0.39 is 0 Å². The molecule has 4 heteroatoms. The molecule has 0 saturated heterocycles. The number of aromatic nitrogens is 2. The van der Waals surface area contributed by atoms with E-state index in [2.05, 4.69) is 15.3 Å². The van der Waals surface area contributed by atoms with Gasteiger partial charge in [0.2, 0.25) is 0 Å². The van der Waals surface area contributed by atoms with Gasteiger partial charge in [0.1, 0.15) is 5.69 Å². The van der Waals surface area contributed by atoms with Crippen LogP contribution in [0.1, 0.15) is 21.6 Å². The van der Waals surface area contributed by atoms with E-state index in [1.165, 1.54) is 5.56 Å². The largest absolute Gasteiger partial charge is 0.320 e. The highest BCUT2D eigenvalue weighted by atomic mass is 16.1. The fraction of sp³-hybridized carbons (Fsp3) is 0.118. The van der Waals surface area contributed by atoms with Crippen LogP contribution in [-0.2, 0) is 0 Å². The molecule has 4 nitrogen and oxygen atoms in total. The molecule has 0 bridgehead atoms. The van der Waals surface area contributed by atoms with Gasteiger partial charge in [-0.1, -0.05) is 17.7 Å². The summed E-state index contributed by atoms with van der Waals surface area (Å²) in [6.07, 6.45) is 3.40. The van der Waals surface area contributed by atoms with E-state index in [1.54, 1.807) is 24.5 Å². The molecule has 3 rings (SSSR count). The summed E-state index contributed by atoms with van der Waals surface area (Å²) in [4.78, 5) is 20.7. The van der Waals surface area contributed by atoms with Crippen LogP contribution < -0.4 is 5.32 Å². The smallest absolute Gasteiger partial charge is 0.274 e. The summed E-state index contributed by atoms with van der Waals surface area (Å²) in [5.74, 6) is -0.208. The summed E-state index contributed by atoms with van der Waals surface area (Å²) < 4.78 is 0. The fourth-order valence-corrected chi connectivity index (χ4v) is 2.23. The molecule has 0 spiro atoms. The normalized spacial score (nSPS) is 10.6. The van der Waals surface area contributed by atoms with Gasteiger partial charge in [0.25, 0.3) is 5.91 Å². The standard InChI is InChI=1S/C17H15N3O/c1-11-3-5-14(12(2)9-11)20-17(21)16-6-4-13-10-18-8-7-15(13)19-16/h3-10H,1-2H3,(H,20,21). The SMILES string of the molecule is Cc1ccc(NC(=O)c2ccc3cnccc3n2)c(C)c1. The number of carbonyl (C=O) groups excluding carboxylic acids is 1. The second-order valence-corrected chi connectivity index (χ2v) is 5.04. The molecule has 0 unspecified atom stereocenters. The quantitative estimate of drug-likeness (QED) is 0.780. The molecule has 0 saturated carbocycles. The van der Waals surface area contributed by atoms with E-state index >= 15 is 0 Å². The Morgan fingerprint density at radius 1 is 1.10 bits per heavy atom. The van der Waals surface area contributed by atoms with Crippen molar-refractivity contribution in [2.45, 2.75) is 13.8 Å². The van der Waals surface area contributed by atoms with Crippen molar-refractivity contribution in [3.8, 4) is 0 Å². The number of nitrogens with one attached hydrogen (secondary N) is 1. The summed E-state index contributed by atoms with van der Waals surface area (Å²) >= 11 is 0. The van der Waals surface area contributed by atoms with Crippen molar-refractivity contribution in [2.75, 3.05) is 5.32 Å². The number of carbonyl (C=O) groups is 1. The molecule has 0 aliphatic carbocycles. The van der Waals surface area contributed by atoms with Crippen LogP contribution in [0.25, 0.3) is 10.9 Å². The number of amides is 1. The lowest BCUT2D eigenvalue weighted by Crippen LogP contribution is -2.14. The van der Waals surface area contributed by atoms with Crippen molar-refractivity contribution in [2.24, 2.45) is 0 Å². The number of benzene rings is 1. The molecule has 2 heterocycles. The van der Waals surface area contributed by atoms with Gasteiger partial charge in [-0.3, -0.25) is 9.78 Å². The van der Waals surface area contributed by atoms with Crippen LogP contribution in [0.15, 0.2) is 48.8 Å². The maximum atomic E-state index is 12.3. The summed E-state index contributed by atoms with van der Waals surface area (Å²) in [5, 5.41) is 3.82. The molecule has 21 heavy (non-hydrogen) atoms. The molecular weight excluding hydrogens is 262 g/mol. The third-order valence-electron chi connectivity index (χ3n) is 3.35. The molecular formula is C17H15N3O. The molecule has 0 aliphatic rings. The summed E-state index contributed by atoms with van der Waals surface area (Å²) in [5.41, 5.74) is 4.17. The minimum atomic E-state index is -0.208. The molecule has 0 radical (unpaired) electrons. The zero-order valence-corrected chi connectivity index (χ0v) is 11.9. The maximum absolute atomic E-state index is 12.3. The molecule has 1 amide bonds. The van der Waals surface area contributed by atoms with Gasteiger partial charge < -0.3 is 5.32 Å². The lowest BCUT2D eigenvalue weighted by molar-refractivity contribution is 0.102. The highest BCUT2D eigenvalue weighted by Crippen LogP contribution is 2.17. The average Bonchev–Trinajstić information content (AvgIpc) is 2.49. The van der Waals surface area contributed by atoms with E-state index in [-0.39, 0.29) is 5.91 Å². The average molecular weight is 277 g/mol. The number of nitrogens with zero attached hydrogens (tertiary/aromatic N) is 2. The zero-order valence-electron chi connectivity index (χ0n) is 11.9. The first-order valence-electron chi connectivity index (χ1n) is 6.73. The van der Waals surface area contributed by atoms with E-state index in [4.69, 9.17) is 0 Å². The van der Waals surface area contributed by atoms with Crippen LogP contribution in [-0.4, -0.2) is 15.9 Å². The minimum absolute atomic E-state index is 0.208. The van der Waals surface area contributed by atoms with Gasteiger partial charge in [0.15, 0.2) is 0 Å². The van der Waals surface area contributed by atoms with Crippen LogP contribution >= 0.6 is 0 Å². The van der Waals surface area contributed by atoms with Gasteiger partial charge in [-0.05, 0) is 43.7 Å². The highest BCUT2D eigenvalue weighted by Gasteiger charge is 2.10. The second-order valence-electron chi connectivity index (χ2n) is 5.04. The van der Waals surface area contributed by atoms with Gasteiger partial charge >= 0.3 is 0 Å². The Balaban J connectivity index is 1.89. The van der Waals surface area contributed by atoms with E-state index in [1.807, 2.05) is 38.1 Å². The first-order chi connectivity index (χ1) is 10.1. The van der Waals surface area contributed by atoms with Gasteiger partial charge in [-0.2, -0.15) is 0 Å². The molecule has 0 aliphatic heterocycles. The van der Waals surface area contributed by atoms with Crippen molar-refractivity contribution < 1.29 is 4.79 Å². The van der Waals surface area contributed by atoms with Crippen LogP contribution in [0.4, 0.5) is 5.69 Å². The lowest BCUT2D eigenvalue weighted by Gasteiger charge is -2.09. The van der Waals surface area contributed by atoms with Crippen LogP contribution in [0.5, 0.6) is 0 Å². The van der Waals surface area contributed by atoms with Crippen LogP contribution in [0.3, 0.4) is 0 Å². The molecule has 0 atom stereocenters. The highest BCUT2D eigenvalue weighted by molar-refractivity contribution is 6.04. The Bertz CT molecular complexity index is 827. The van der Waals surface area contributed by atoms with E-state index in [0.717, 1.165) is 22.2 Å². The molecule has 0 fully saturated rings. The minimum Gasteiger partial charge on any atom is -0.320 e. The molecule has 2 aromatic heterocycles. The number of aryl methyl sites for hydroxylation is 2. The van der Waals surface area contributed by atoms with Gasteiger partial charge in [-0.15, -0.1) is 0 Å². The summed E-state index contributed by atoms with van der Waals surface area (Å²) in [7, 11) is 0. The number of pyridine rings is 2. The van der Waals surface area contributed by atoms with Crippen LogP contribution in [0, 0.1) is 13.8 Å². The monoisotopic (exact) mass is 277 g/mol. The predicted molar refractivity (Wildman–Crippen MR) is 83.4 cm³/mol. The third kappa shape index (κ3) is 2.74. The zero-order chi connectivity index (χ0) is 14.8. The molecule has 104 valence electrons. The Kier molecular flexibility index (Phi) is 3.36. The summed E-state index contributed by atoms with van der Waals surface area (Å²) in [6, 6.07) is 11.3. The number of hydrogen-bond donors (Lipinski definition) is 1. The fourth-order valence-electron chi connectivity index (χ4n) is 2.23. The number of fused-ring (bicyclic) bond motifs is 1. The van der Waals surface area contributed by atoms with Crippen molar-refractivity contribution in [3.05, 3.63) is 65.6 Å². The van der Waals surface area contributed by atoms with Crippen molar-refractivity contribution in [1.29, 1.82) is 0 Å². The Labute approximate surface area is 122 Å². The molecule has 1 N–H and O–H groups in total. The number of rotatable bonds is 2. The number of hydrogen-bond acceptors (Lipinski definition) is 3. The Morgan fingerprint density at radius 3 is 2.76 bits per heavy atom. The predicted octanol–water partition coefficient (Wildman–Crippen LogP) is 3.50. The van der Waals surface area contributed by atoms with Crippen molar-refractivity contribution in [1.82, 2.24) is 9.97 Å².